The highest BCUT2D eigenvalue weighted by Gasteiger charge is 2.16. The van der Waals surface area contributed by atoms with Crippen LogP contribution in [0.4, 0.5) is 0 Å². The quantitative estimate of drug-likeness (QED) is 0.631. The monoisotopic (exact) mass is 314 g/mol. The highest BCUT2D eigenvalue weighted by molar-refractivity contribution is 6.38. The molecule has 0 unspecified atom stereocenters. The van der Waals surface area contributed by atoms with Gasteiger partial charge in [-0.1, -0.05) is 34.4 Å². The van der Waals surface area contributed by atoms with E-state index in [1.165, 1.54) is 12.6 Å². The average molecular weight is 315 g/mol. The van der Waals surface area contributed by atoms with E-state index in [0.717, 1.165) is 25.9 Å². The van der Waals surface area contributed by atoms with Gasteiger partial charge in [0.1, 0.15) is 0 Å². The summed E-state index contributed by atoms with van der Waals surface area (Å²) in [5.74, 6) is -0.0351. The summed E-state index contributed by atoms with van der Waals surface area (Å²) in [7, 11) is 0. The van der Waals surface area contributed by atoms with Gasteiger partial charge in [0.25, 0.3) is 5.91 Å². The maximum Gasteiger partial charge on any atom is 0.263 e. The van der Waals surface area contributed by atoms with Gasteiger partial charge in [0.2, 0.25) is 0 Å². The smallest absolute Gasteiger partial charge is 0.263 e. The third-order valence-electron chi connectivity index (χ3n) is 3.15. The Morgan fingerprint density at radius 1 is 1.25 bits per heavy atom. The van der Waals surface area contributed by atoms with E-state index in [4.69, 9.17) is 28.0 Å². The van der Waals surface area contributed by atoms with E-state index in [-0.39, 0.29) is 12.5 Å². The Labute approximate surface area is 128 Å². The molecular weight excluding hydrogens is 299 g/mol. The fourth-order valence-corrected chi connectivity index (χ4v) is 2.55. The van der Waals surface area contributed by atoms with Crippen molar-refractivity contribution in [3.05, 3.63) is 33.8 Å². The number of carbonyl (C=O) groups is 1. The first-order valence-electron chi connectivity index (χ1n) is 6.55. The van der Waals surface area contributed by atoms with Crippen LogP contribution in [-0.2, 0) is 9.63 Å². The van der Waals surface area contributed by atoms with Gasteiger partial charge in [-0.3, -0.25) is 4.79 Å². The summed E-state index contributed by atoms with van der Waals surface area (Å²) in [6, 6.07) is 5.18. The van der Waals surface area contributed by atoms with Gasteiger partial charge in [0.05, 0.1) is 16.3 Å². The molecule has 1 aliphatic rings. The summed E-state index contributed by atoms with van der Waals surface area (Å²) >= 11 is 12.0. The molecule has 0 bridgehead atoms. The molecule has 1 aromatic rings. The average Bonchev–Trinajstić information content (AvgIpc) is 2.46. The lowest BCUT2D eigenvalue weighted by molar-refractivity contribution is -0.136. The van der Waals surface area contributed by atoms with E-state index in [0.29, 0.717) is 15.6 Å². The van der Waals surface area contributed by atoms with Gasteiger partial charge in [0.15, 0.2) is 6.61 Å². The Morgan fingerprint density at radius 3 is 2.55 bits per heavy atom. The molecule has 0 aromatic heterocycles. The van der Waals surface area contributed by atoms with E-state index in [1.807, 2.05) is 4.90 Å². The number of hydrogen-bond donors (Lipinski definition) is 0. The second kappa shape index (κ2) is 7.50. The van der Waals surface area contributed by atoms with Crippen LogP contribution in [0.3, 0.4) is 0 Å². The Kier molecular flexibility index (Phi) is 5.68. The van der Waals surface area contributed by atoms with E-state index in [9.17, 15) is 4.79 Å². The lowest BCUT2D eigenvalue weighted by Gasteiger charge is -2.25. The number of piperidine rings is 1. The maximum absolute atomic E-state index is 11.8. The largest absolute Gasteiger partial charge is 0.386 e. The molecule has 0 aliphatic carbocycles. The topological polar surface area (TPSA) is 41.9 Å². The number of halogens is 2. The molecule has 0 spiro atoms. The van der Waals surface area contributed by atoms with Gasteiger partial charge in [-0.05, 0) is 31.4 Å². The maximum atomic E-state index is 11.8. The summed E-state index contributed by atoms with van der Waals surface area (Å²) in [5.41, 5.74) is 0.584. The van der Waals surface area contributed by atoms with Crippen LogP contribution >= 0.6 is 23.2 Å². The van der Waals surface area contributed by atoms with E-state index in [1.54, 1.807) is 18.2 Å². The van der Waals surface area contributed by atoms with Crippen molar-refractivity contribution >= 4 is 35.3 Å². The number of benzene rings is 1. The summed E-state index contributed by atoms with van der Waals surface area (Å²) in [4.78, 5) is 18.6. The van der Waals surface area contributed by atoms with Crippen molar-refractivity contribution in [2.45, 2.75) is 19.3 Å². The molecule has 0 saturated carbocycles. The summed E-state index contributed by atoms with van der Waals surface area (Å²) < 4.78 is 0. The zero-order chi connectivity index (χ0) is 14.4. The summed E-state index contributed by atoms with van der Waals surface area (Å²) in [5, 5.41) is 4.74. The van der Waals surface area contributed by atoms with Crippen molar-refractivity contribution in [3.8, 4) is 0 Å². The number of amides is 1. The van der Waals surface area contributed by atoms with Crippen molar-refractivity contribution in [2.75, 3.05) is 19.7 Å². The number of rotatable bonds is 4. The number of hydrogen-bond acceptors (Lipinski definition) is 3. The summed E-state index contributed by atoms with van der Waals surface area (Å²) in [6.07, 6.45) is 4.73. The van der Waals surface area contributed by atoms with Crippen LogP contribution < -0.4 is 0 Å². The van der Waals surface area contributed by atoms with E-state index in [2.05, 4.69) is 5.16 Å². The highest BCUT2D eigenvalue weighted by atomic mass is 35.5. The van der Waals surface area contributed by atoms with Crippen molar-refractivity contribution in [2.24, 2.45) is 5.16 Å². The highest BCUT2D eigenvalue weighted by Crippen LogP contribution is 2.22. The van der Waals surface area contributed by atoms with Crippen LogP contribution in [0.1, 0.15) is 24.8 Å². The molecule has 0 atom stereocenters. The predicted molar refractivity (Wildman–Crippen MR) is 80.4 cm³/mol. The SMILES string of the molecule is O=C(CO/N=C/c1c(Cl)cccc1Cl)N1CCCCC1. The van der Waals surface area contributed by atoms with Crippen LogP contribution in [0.5, 0.6) is 0 Å². The third-order valence-corrected chi connectivity index (χ3v) is 3.81. The fraction of sp³-hybridized carbons (Fsp3) is 0.429. The molecule has 1 heterocycles. The van der Waals surface area contributed by atoms with Crippen molar-refractivity contribution in [1.82, 2.24) is 4.90 Å². The molecule has 1 saturated heterocycles. The van der Waals surface area contributed by atoms with Crippen molar-refractivity contribution in [3.63, 3.8) is 0 Å². The van der Waals surface area contributed by atoms with Crippen LogP contribution in [-0.4, -0.2) is 36.7 Å². The van der Waals surface area contributed by atoms with E-state index < -0.39 is 0 Å². The summed E-state index contributed by atoms with van der Waals surface area (Å²) in [6.45, 7) is 1.56. The van der Waals surface area contributed by atoms with Gasteiger partial charge in [-0.2, -0.15) is 0 Å². The van der Waals surface area contributed by atoms with Crippen molar-refractivity contribution in [1.29, 1.82) is 0 Å². The predicted octanol–water partition coefficient (Wildman–Crippen LogP) is 3.36. The first-order valence-corrected chi connectivity index (χ1v) is 7.31. The Hall–Kier alpha value is -1.26. The molecular formula is C14H16Cl2N2O2. The minimum Gasteiger partial charge on any atom is -0.386 e. The van der Waals surface area contributed by atoms with Crippen LogP contribution in [0.25, 0.3) is 0 Å². The van der Waals surface area contributed by atoms with Crippen LogP contribution in [0.2, 0.25) is 10.0 Å². The molecule has 108 valence electrons. The van der Waals surface area contributed by atoms with Crippen LogP contribution in [0.15, 0.2) is 23.4 Å². The molecule has 6 heteroatoms. The van der Waals surface area contributed by atoms with E-state index >= 15 is 0 Å². The Bertz CT molecular complexity index is 480. The number of oxime groups is 1. The third kappa shape index (κ3) is 4.12. The number of nitrogens with zero attached hydrogens (tertiary/aromatic N) is 2. The molecule has 1 aliphatic heterocycles. The molecule has 4 nitrogen and oxygen atoms in total. The zero-order valence-corrected chi connectivity index (χ0v) is 12.5. The minimum atomic E-state index is -0.0570. The second-order valence-electron chi connectivity index (χ2n) is 4.58. The van der Waals surface area contributed by atoms with Gasteiger partial charge >= 0.3 is 0 Å². The lowest BCUT2D eigenvalue weighted by Crippen LogP contribution is -2.37. The molecule has 0 radical (unpaired) electrons. The van der Waals surface area contributed by atoms with Gasteiger partial charge in [-0.25, -0.2) is 0 Å². The fourth-order valence-electron chi connectivity index (χ4n) is 2.05. The molecule has 0 N–H and O–H groups in total. The Balaban J connectivity index is 1.83. The van der Waals surface area contributed by atoms with Gasteiger partial charge in [0, 0.05) is 18.7 Å². The minimum absolute atomic E-state index is 0.0351. The molecule has 1 aromatic carbocycles. The normalized spacial score (nSPS) is 15.6. The molecule has 20 heavy (non-hydrogen) atoms. The second-order valence-corrected chi connectivity index (χ2v) is 5.40. The number of likely N-dealkylation sites (tertiary alicyclic amines) is 1. The van der Waals surface area contributed by atoms with Crippen LogP contribution in [0, 0.1) is 0 Å². The van der Waals surface area contributed by atoms with Gasteiger partial charge < -0.3 is 9.74 Å². The standard InChI is InChI=1S/C14H16Cl2N2O2/c15-12-5-4-6-13(16)11(12)9-17-20-10-14(19)18-7-2-1-3-8-18/h4-6,9H,1-3,7-8,10H2/b17-9+. The lowest BCUT2D eigenvalue weighted by atomic mass is 10.1. The molecule has 1 fully saturated rings. The Morgan fingerprint density at radius 2 is 1.90 bits per heavy atom. The first-order chi connectivity index (χ1) is 9.68. The van der Waals surface area contributed by atoms with Crippen molar-refractivity contribution < 1.29 is 9.63 Å². The first kappa shape index (κ1) is 15.1. The number of carbonyl (C=O) groups excluding carboxylic acids is 1. The van der Waals surface area contributed by atoms with Gasteiger partial charge in [-0.15, -0.1) is 0 Å². The molecule has 2 rings (SSSR count). The molecule has 1 amide bonds. The zero-order valence-electron chi connectivity index (χ0n) is 11.0.